The molecule has 3 N–H and O–H groups in total. The van der Waals surface area contributed by atoms with Gasteiger partial charge in [-0.15, -0.1) is 0 Å². The molecule has 2 aromatic heterocycles. The number of pyridine rings is 1. The van der Waals surface area contributed by atoms with Crippen molar-refractivity contribution < 1.29 is 9.59 Å². The number of carbonyl (C=O) groups excluding carboxylic acids is 2. The first-order chi connectivity index (χ1) is 16.4. The number of aryl methyl sites for hydroxylation is 3. The molecule has 2 amide bonds. The van der Waals surface area contributed by atoms with Gasteiger partial charge < -0.3 is 16.0 Å². The van der Waals surface area contributed by atoms with Crippen molar-refractivity contribution in [2.75, 3.05) is 10.6 Å². The van der Waals surface area contributed by atoms with Gasteiger partial charge in [0.2, 0.25) is 5.91 Å². The molecule has 3 aromatic rings. The van der Waals surface area contributed by atoms with Gasteiger partial charge in [-0.3, -0.25) is 19.3 Å². The third-order valence-corrected chi connectivity index (χ3v) is 6.27. The molecule has 2 heterocycles. The Labute approximate surface area is 200 Å². The van der Waals surface area contributed by atoms with E-state index in [0.29, 0.717) is 23.6 Å². The van der Waals surface area contributed by atoms with Gasteiger partial charge in [0.1, 0.15) is 6.04 Å². The van der Waals surface area contributed by atoms with Gasteiger partial charge in [0.15, 0.2) is 0 Å². The minimum absolute atomic E-state index is 0.219. The van der Waals surface area contributed by atoms with Crippen molar-refractivity contribution in [2.24, 2.45) is 13.0 Å². The lowest BCUT2D eigenvalue weighted by molar-refractivity contribution is -0.118. The lowest BCUT2D eigenvalue weighted by atomic mass is 9.97. The topological polar surface area (TPSA) is 101 Å². The van der Waals surface area contributed by atoms with Crippen LogP contribution < -0.4 is 16.0 Å². The summed E-state index contributed by atoms with van der Waals surface area (Å²) in [5.41, 5.74) is 4.73. The molecule has 0 radical (unpaired) electrons. The van der Waals surface area contributed by atoms with Crippen molar-refractivity contribution >= 4 is 28.9 Å². The van der Waals surface area contributed by atoms with Gasteiger partial charge in [-0.05, 0) is 56.0 Å². The van der Waals surface area contributed by atoms with E-state index in [1.165, 1.54) is 12.8 Å². The van der Waals surface area contributed by atoms with Crippen molar-refractivity contribution in [3.05, 3.63) is 65.7 Å². The average Bonchev–Trinajstić information content (AvgIpc) is 3.47. The van der Waals surface area contributed by atoms with Crippen LogP contribution in [-0.4, -0.2) is 32.6 Å². The van der Waals surface area contributed by atoms with E-state index in [4.69, 9.17) is 0 Å². The molecule has 1 aliphatic carbocycles. The normalized spacial score (nSPS) is 14.6. The minimum Gasteiger partial charge on any atom is -0.354 e. The number of aromatic nitrogens is 3. The SMILES string of the molecule is Cc1cnc(C)c(Nc2cccc(C(=O)N[C@@H](CC3CCCC3)C(=O)Nc3cnn(C)c3)c2)c1. The Morgan fingerprint density at radius 1 is 1.12 bits per heavy atom. The Bertz CT molecular complexity index is 1170. The number of hydrogen-bond acceptors (Lipinski definition) is 5. The van der Waals surface area contributed by atoms with Crippen LogP contribution in [0.3, 0.4) is 0 Å². The molecule has 0 bridgehead atoms. The molecular weight excluding hydrogens is 428 g/mol. The van der Waals surface area contributed by atoms with E-state index in [0.717, 1.165) is 35.5 Å². The van der Waals surface area contributed by atoms with Crippen LogP contribution in [0.15, 0.2) is 48.9 Å². The van der Waals surface area contributed by atoms with Crippen LogP contribution in [0.4, 0.5) is 17.1 Å². The second-order valence-electron chi connectivity index (χ2n) is 9.16. The third-order valence-electron chi connectivity index (χ3n) is 6.27. The fraction of sp³-hybridized carbons (Fsp3) is 0.385. The summed E-state index contributed by atoms with van der Waals surface area (Å²) in [7, 11) is 1.79. The summed E-state index contributed by atoms with van der Waals surface area (Å²) in [5.74, 6) is -0.0502. The standard InChI is InChI=1S/C26H32N6O2/c1-17-11-23(18(2)27-14-17)29-21-10-6-9-20(13-21)25(33)31-24(12-19-7-4-5-8-19)26(34)30-22-15-28-32(3)16-22/h6,9-11,13-16,19,24,29H,4-5,7-8,12H2,1-3H3,(H,30,34)(H,31,33)/t24-/m0/s1. The molecule has 0 saturated heterocycles. The number of hydrogen-bond donors (Lipinski definition) is 3. The second kappa shape index (κ2) is 10.5. The summed E-state index contributed by atoms with van der Waals surface area (Å²) in [6.07, 6.45) is 10.3. The van der Waals surface area contributed by atoms with Crippen LogP contribution >= 0.6 is 0 Å². The van der Waals surface area contributed by atoms with Crippen molar-refractivity contribution in [3.63, 3.8) is 0 Å². The lowest BCUT2D eigenvalue weighted by Gasteiger charge is -2.21. The fourth-order valence-electron chi connectivity index (χ4n) is 4.43. The van der Waals surface area contributed by atoms with Crippen LogP contribution in [0.5, 0.6) is 0 Å². The largest absolute Gasteiger partial charge is 0.354 e. The third kappa shape index (κ3) is 6.01. The highest BCUT2D eigenvalue weighted by atomic mass is 16.2. The van der Waals surface area contributed by atoms with Gasteiger partial charge >= 0.3 is 0 Å². The Morgan fingerprint density at radius 2 is 1.91 bits per heavy atom. The van der Waals surface area contributed by atoms with E-state index in [-0.39, 0.29) is 11.8 Å². The van der Waals surface area contributed by atoms with Gasteiger partial charge in [0, 0.05) is 30.7 Å². The quantitative estimate of drug-likeness (QED) is 0.460. The van der Waals surface area contributed by atoms with Crippen molar-refractivity contribution in [2.45, 2.75) is 52.0 Å². The fourth-order valence-corrected chi connectivity index (χ4v) is 4.43. The molecule has 1 saturated carbocycles. The van der Waals surface area contributed by atoms with Crippen LogP contribution in [0.2, 0.25) is 0 Å². The molecule has 1 aliphatic rings. The molecule has 8 heteroatoms. The monoisotopic (exact) mass is 460 g/mol. The summed E-state index contributed by atoms with van der Waals surface area (Å²) >= 11 is 0. The zero-order valence-electron chi connectivity index (χ0n) is 20.0. The molecule has 0 aliphatic heterocycles. The van der Waals surface area contributed by atoms with E-state index in [2.05, 4.69) is 26.0 Å². The van der Waals surface area contributed by atoms with Gasteiger partial charge in [0.25, 0.3) is 5.91 Å². The van der Waals surface area contributed by atoms with Crippen LogP contribution in [-0.2, 0) is 11.8 Å². The maximum Gasteiger partial charge on any atom is 0.252 e. The summed E-state index contributed by atoms with van der Waals surface area (Å²) in [6.45, 7) is 3.93. The van der Waals surface area contributed by atoms with E-state index in [1.807, 2.05) is 38.2 Å². The number of benzene rings is 1. The smallest absolute Gasteiger partial charge is 0.252 e. The zero-order chi connectivity index (χ0) is 24.1. The predicted octanol–water partition coefficient (Wildman–Crippen LogP) is 4.49. The Balaban J connectivity index is 1.48. The average molecular weight is 461 g/mol. The van der Waals surface area contributed by atoms with Crippen molar-refractivity contribution in [3.8, 4) is 0 Å². The maximum absolute atomic E-state index is 13.2. The summed E-state index contributed by atoms with van der Waals surface area (Å²) in [5, 5.41) is 13.3. The van der Waals surface area contributed by atoms with E-state index in [1.54, 1.807) is 36.3 Å². The molecular formula is C26H32N6O2. The molecule has 178 valence electrons. The number of amides is 2. The van der Waals surface area contributed by atoms with E-state index in [9.17, 15) is 9.59 Å². The Hall–Kier alpha value is -3.68. The van der Waals surface area contributed by atoms with Crippen LogP contribution in [0.25, 0.3) is 0 Å². The highest BCUT2D eigenvalue weighted by Gasteiger charge is 2.27. The summed E-state index contributed by atoms with van der Waals surface area (Å²) in [4.78, 5) is 30.6. The predicted molar refractivity (Wildman–Crippen MR) is 133 cm³/mol. The minimum atomic E-state index is -0.615. The highest BCUT2D eigenvalue weighted by molar-refractivity contribution is 6.01. The van der Waals surface area contributed by atoms with Crippen LogP contribution in [0.1, 0.15) is 53.7 Å². The second-order valence-corrected chi connectivity index (χ2v) is 9.16. The maximum atomic E-state index is 13.2. The molecule has 0 spiro atoms. The molecule has 1 aromatic carbocycles. The first kappa shape index (κ1) is 23.5. The van der Waals surface area contributed by atoms with Gasteiger partial charge in [-0.1, -0.05) is 31.7 Å². The molecule has 8 nitrogen and oxygen atoms in total. The Morgan fingerprint density at radius 3 is 2.65 bits per heavy atom. The van der Waals surface area contributed by atoms with E-state index >= 15 is 0 Å². The van der Waals surface area contributed by atoms with Gasteiger partial charge in [-0.2, -0.15) is 5.10 Å². The first-order valence-corrected chi connectivity index (χ1v) is 11.8. The highest BCUT2D eigenvalue weighted by Crippen LogP contribution is 2.29. The summed E-state index contributed by atoms with van der Waals surface area (Å²) < 4.78 is 1.63. The van der Waals surface area contributed by atoms with Gasteiger partial charge in [0.05, 0.1) is 23.3 Å². The molecule has 1 atom stereocenters. The van der Waals surface area contributed by atoms with Crippen molar-refractivity contribution in [1.29, 1.82) is 0 Å². The molecule has 4 rings (SSSR count). The number of carbonyl (C=O) groups is 2. The summed E-state index contributed by atoms with van der Waals surface area (Å²) in [6, 6.07) is 8.70. The first-order valence-electron chi connectivity index (χ1n) is 11.8. The van der Waals surface area contributed by atoms with Gasteiger partial charge in [-0.25, -0.2) is 0 Å². The molecule has 1 fully saturated rings. The van der Waals surface area contributed by atoms with Crippen LogP contribution in [0, 0.1) is 19.8 Å². The van der Waals surface area contributed by atoms with Crippen molar-refractivity contribution in [1.82, 2.24) is 20.1 Å². The molecule has 0 unspecified atom stereocenters. The van der Waals surface area contributed by atoms with E-state index < -0.39 is 6.04 Å². The number of nitrogens with one attached hydrogen (secondary N) is 3. The number of rotatable bonds is 8. The molecule has 34 heavy (non-hydrogen) atoms. The Kier molecular flexibility index (Phi) is 7.25. The number of anilines is 3. The number of nitrogens with zero attached hydrogens (tertiary/aromatic N) is 3. The zero-order valence-corrected chi connectivity index (χ0v) is 20.0. The lowest BCUT2D eigenvalue weighted by Crippen LogP contribution is -2.44.